The van der Waals surface area contributed by atoms with E-state index >= 15 is 0 Å². The maximum absolute atomic E-state index is 4.39. The highest BCUT2D eigenvalue weighted by molar-refractivity contribution is 5.80. The summed E-state index contributed by atoms with van der Waals surface area (Å²) in [5.41, 5.74) is 1.30. The minimum atomic E-state index is 0.442. The highest BCUT2D eigenvalue weighted by Gasteiger charge is 2.23. The Morgan fingerprint density at radius 2 is 1.88 bits per heavy atom. The summed E-state index contributed by atoms with van der Waals surface area (Å²) in [4.78, 5) is 9.32. The fourth-order valence-corrected chi connectivity index (χ4v) is 3.56. The Balaban J connectivity index is 1.77. The molecule has 1 unspecified atom stereocenters. The van der Waals surface area contributed by atoms with Gasteiger partial charge in [-0.1, -0.05) is 18.2 Å². The molecule has 1 heterocycles. The van der Waals surface area contributed by atoms with E-state index < -0.39 is 0 Å². The summed E-state index contributed by atoms with van der Waals surface area (Å²) in [7, 11) is 1.85. The maximum atomic E-state index is 4.39. The third kappa shape index (κ3) is 5.92. The molecule has 1 aliphatic rings. The van der Waals surface area contributed by atoms with Crippen LogP contribution in [0.4, 0.5) is 5.69 Å². The fraction of sp³-hybridized carbons (Fsp3) is 0.650. The largest absolute Gasteiger partial charge is 0.369 e. The zero-order chi connectivity index (χ0) is 18.2. The van der Waals surface area contributed by atoms with Gasteiger partial charge in [0.2, 0.25) is 0 Å². The smallest absolute Gasteiger partial charge is 0.191 e. The van der Waals surface area contributed by atoms with Gasteiger partial charge in [-0.15, -0.1) is 0 Å². The van der Waals surface area contributed by atoms with Gasteiger partial charge in [0.1, 0.15) is 0 Å². The second-order valence-corrected chi connectivity index (χ2v) is 7.34. The quantitative estimate of drug-likeness (QED) is 0.589. The molecule has 0 amide bonds. The van der Waals surface area contributed by atoms with Crippen LogP contribution in [0.3, 0.4) is 0 Å². The molecule has 0 aromatic heterocycles. The monoisotopic (exact) mass is 345 g/mol. The predicted octanol–water partition coefficient (Wildman–Crippen LogP) is 2.55. The molecule has 140 valence electrons. The number of benzene rings is 1. The number of anilines is 1. The van der Waals surface area contributed by atoms with Crippen molar-refractivity contribution in [3.8, 4) is 0 Å². The number of aliphatic imine (C=N–C) groups is 1. The van der Waals surface area contributed by atoms with Crippen LogP contribution in [-0.4, -0.2) is 62.2 Å². The molecule has 1 atom stereocenters. The molecule has 1 saturated heterocycles. The van der Waals surface area contributed by atoms with Gasteiger partial charge < -0.3 is 15.5 Å². The van der Waals surface area contributed by atoms with Gasteiger partial charge in [-0.2, -0.15) is 0 Å². The summed E-state index contributed by atoms with van der Waals surface area (Å²) in [6, 6.07) is 12.2. The lowest BCUT2D eigenvalue weighted by atomic mass is 10.2. The van der Waals surface area contributed by atoms with Gasteiger partial charge in [0.05, 0.1) is 0 Å². The van der Waals surface area contributed by atoms with E-state index in [1.807, 2.05) is 7.05 Å². The third-order valence-electron chi connectivity index (χ3n) is 4.86. The number of rotatable bonds is 7. The van der Waals surface area contributed by atoms with E-state index in [9.17, 15) is 0 Å². The number of nitrogens with zero attached hydrogens (tertiary/aromatic N) is 3. The van der Waals surface area contributed by atoms with Crippen LogP contribution in [0.15, 0.2) is 35.3 Å². The summed E-state index contributed by atoms with van der Waals surface area (Å²) < 4.78 is 0. The predicted molar refractivity (Wildman–Crippen MR) is 109 cm³/mol. The molecular weight excluding hydrogens is 310 g/mol. The Morgan fingerprint density at radius 3 is 2.48 bits per heavy atom. The van der Waals surface area contributed by atoms with Crippen LogP contribution in [0.1, 0.15) is 34.1 Å². The van der Waals surface area contributed by atoms with Crippen molar-refractivity contribution < 1.29 is 0 Å². The highest BCUT2D eigenvalue weighted by atomic mass is 15.3. The van der Waals surface area contributed by atoms with Crippen molar-refractivity contribution in [1.82, 2.24) is 15.5 Å². The minimum absolute atomic E-state index is 0.442. The zero-order valence-electron chi connectivity index (χ0n) is 16.5. The first-order chi connectivity index (χ1) is 12.0. The van der Waals surface area contributed by atoms with Gasteiger partial charge in [-0.3, -0.25) is 9.89 Å². The van der Waals surface area contributed by atoms with Gasteiger partial charge in [0.25, 0.3) is 0 Å². The Morgan fingerprint density at radius 1 is 1.20 bits per heavy atom. The molecule has 1 aromatic carbocycles. The van der Waals surface area contributed by atoms with Gasteiger partial charge in [-0.25, -0.2) is 0 Å². The van der Waals surface area contributed by atoms with Crippen LogP contribution in [0.5, 0.6) is 0 Å². The molecule has 25 heavy (non-hydrogen) atoms. The number of hydrogen-bond donors (Lipinski definition) is 2. The molecule has 0 bridgehead atoms. The van der Waals surface area contributed by atoms with Gasteiger partial charge in [0, 0.05) is 57.0 Å². The summed E-state index contributed by atoms with van der Waals surface area (Å²) in [5, 5.41) is 7.05. The summed E-state index contributed by atoms with van der Waals surface area (Å²) in [6.45, 7) is 13.1. The van der Waals surface area contributed by atoms with Crippen LogP contribution in [-0.2, 0) is 0 Å². The Bertz CT molecular complexity index is 518. The lowest BCUT2D eigenvalue weighted by Crippen LogP contribution is -2.48. The van der Waals surface area contributed by atoms with E-state index in [2.05, 4.69) is 83.5 Å². The van der Waals surface area contributed by atoms with Crippen molar-refractivity contribution in [2.75, 3.05) is 38.1 Å². The SMILES string of the molecule is CN=C(NCCN(C(C)C)C(C)C)NC1CCN(c2ccccc2)C1. The van der Waals surface area contributed by atoms with E-state index in [-0.39, 0.29) is 0 Å². The summed E-state index contributed by atoms with van der Waals surface area (Å²) in [6.07, 6.45) is 1.14. The first-order valence-corrected chi connectivity index (χ1v) is 9.54. The van der Waals surface area contributed by atoms with Crippen LogP contribution in [0.2, 0.25) is 0 Å². The van der Waals surface area contributed by atoms with Gasteiger partial charge in [-0.05, 0) is 46.2 Å². The van der Waals surface area contributed by atoms with Crippen LogP contribution >= 0.6 is 0 Å². The summed E-state index contributed by atoms with van der Waals surface area (Å²) >= 11 is 0. The molecule has 1 aromatic rings. The second kappa shape index (κ2) is 9.66. The average molecular weight is 346 g/mol. The molecule has 0 aliphatic carbocycles. The fourth-order valence-electron chi connectivity index (χ4n) is 3.56. The van der Waals surface area contributed by atoms with Crippen LogP contribution in [0.25, 0.3) is 0 Å². The first-order valence-electron chi connectivity index (χ1n) is 9.54. The molecule has 5 nitrogen and oxygen atoms in total. The molecule has 2 rings (SSSR count). The molecule has 0 radical (unpaired) electrons. The normalized spacial score (nSPS) is 18.5. The van der Waals surface area contributed by atoms with Crippen LogP contribution < -0.4 is 15.5 Å². The van der Waals surface area contributed by atoms with Crippen molar-refractivity contribution in [2.24, 2.45) is 4.99 Å². The Labute approximate surface area is 153 Å². The third-order valence-corrected chi connectivity index (χ3v) is 4.86. The standard InChI is InChI=1S/C20H35N5/c1-16(2)25(17(3)4)14-12-22-20(21-5)23-18-11-13-24(15-18)19-9-7-6-8-10-19/h6-10,16-18H,11-15H2,1-5H3,(H2,21,22,23). The van der Waals surface area contributed by atoms with Gasteiger partial charge >= 0.3 is 0 Å². The van der Waals surface area contributed by atoms with Crippen molar-refractivity contribution in [2.45, 2.75) is 52.2 Å². The zero-order valence-corrected chi connectivity index (χ0v) is 16.5. The molecule has 5 heteroatoms. The van der Waals surface area contributed by atoms with Crippen molar-refractivity contribution in [3.05, 3.63) is 30.3 Å². The van der Waals surface area contributed by atoms with E-state index in [0.717, 1.165) is 38.6 Å². The summed E-state index contributed by atoms with van der Waals surface area (Å²) in [5.74, 6) is 0.910. The number of hydrogen-bond acceptors (Lipinski definition) is 3. The molecule has 0 spiro atoms. The highest BCUT2D eigenvalue weighted by Crippen LogP contribution is 2.19. The number of nitrogens with one attached hydrogen (secondary N) is 2. The number of guanidine groups is 1. The van der Waals surface area contributed by atoms with Crippen LogP contribution in [0, 0.1) is 0 Å². The lowest BCUT2D eigenvalue weighted by Gasteiger charge is -2.30. The molecular formula is C20H35N5. The topological polar surface area (TPSA) is 42.9 Å². The Kier molecular flexibility index (Phi) is 7.56. The molecule has 1 fully saturated rings. The van der Waals surface area contributed by atoms with Crippen molar-refractivity contribution in [3.63, 3.8) is 0 Å². The first kappa shape index (κ1) is 19.6. The van der Waals surface area contributed by atoms with E-state index in [4.69, 9.17) is 0 Å². The average Bonchev–Trinajstić information content (AvgIpc) is 3.06. The molecule has 0 saturated carbocycles. The second-order valence-electron chi connectivity index (χ2n) is 7.34. The number of para-hydroxylation sites is 1. The van der Waals surface area contributed by atoms with E-state index in [0.29, 0.717) is 18.1 Å². The van der Waals surface area contributed by atoms with Crippen molar-refractivity contribution >= 4 is 11.6 Å². The molecule has 1 aliphatic heterocycles. The minimum Gasteiger partial charge on any atom is -0.369 e. The van der Waals surface area contributed by atoms with E-state index in [1.165, 1.54) is 5.69 Å². The van der Waals surface area contributed by atoms with Crippen molar-refractivity contribution in [1.29, 1.82) is 0 Å². The lowest BCUT2D eigenvalue weighted by molar-refractivity contribution is 0.178. The van der Waals surface area contributed by atoms with Gasteiger partial charge in [0.15, 0.2) is 5.96 Å². The molecule has 2 N–H and O–H groups in total. The Hall–Kier alpha value is -1.75. The van der Waals surface area contributed by atoms with E-state index in [1.54, 1.807) is 0 Å². The maximum Gasteiger partial charge on any atom is 0.191 e.